The highest BCUT2D eigenvalue weighted by molar-refractivity contribution is 9.10. The SMILES string of the molecule is O=C(CN1CCCCC(O)C1=O)Nc1cncc(Br)c1. The molecule has 0 saturated carbocycles. The number of pyridine rings is 1. The number of hydrogen-bond acceptors (Lipinski definition) is 4. The maximum Gasteiger partial charge on any atom is 0.251 e. The Labute approximate surface area is 125 Å². The largest absolute Gasteiger partial charge is 0.383 e. The van der Waals surface area contributed by atoms with E-state index in [0.29, 0.717) is 18.7 Å². The second-order valence-electron chi connectivity index (χ2n) is 4.71. The van der Waals surface area contributed by atoms with Crippen LogP contribution >= 0.6 is 15.9 Å². The first kappa shape index (κ1) is 14.9. The number of anilines is 1. The van der Waals surface area contributed by atoms with Crippen LogP contribution in [0.1, 0.15) is 19.3 Å². The van der Waals surface area contributed by atoms with Crippen molar-refractivity contribution in [1.82, 2.24) is 9.88 Å². The Bertz CT molecular complexity index is 509. The van der Waals surface area contributed by atoms with E-state index in [-0.39, 0.29) is 18.4 Å². The number of aromatic nitrogens is 1. The summed E-state index contributed by atoms with van der Waals surface area (Å²) >= 11 is 3.27. The molecule has 0 bridgehead atoms. The average molecular weight is 342 g/mol. The molecule has 2 heterocycles. The molecule has 2 N–H and O–H groups in total. The molecular weight excluding hydrogens is 326 g/mol. The number of nitrogens with one attached hydrogen (secondary N) is 1. The van der Waals surface area contributed by atoms with E-state index in [1.54, 1.807) is 12.3 Å². The minimum Gasteiger partial charge on any atom is -0.383 e. The average Bonchev–Trinajstić information content (AvgIpc) is 2.54. The van der Waals surface area contributed by atoms with Crippen LogP contribution in [0.25, 0.3) is 0 Å². The Balaban J connectivity index is 1.95. The fraction of sp³-hybridized carbons (Fsp3) is 0.462. The van der Waals surface area contributed by atoms with Gasteiger partial charge in [-0.1, -0.05) is 0 Å². The highest BCUT2D eigenvalue weighted by Crippen LogP contribution is 2.15. The number of amides is 2. The molecule has 1 aliphatic heterocycles. The number of hydrogen-bond donors (Lipinski definition) is 2. The molecule has 1 aromatic rings. The Morgan fingerprint density at radius 3 is 3.05 bits per heavy atom. The number of carbonyl (C=O) groups is 2. The van der Waals surface area contributed by atoms with Crippen LogP contribution in [-0.4, -0.2) is 46.0 Å². The molecule has 6 nitrogen and oxygen atoms in total. The minimum atomic E-state index is -0.988. The lowest BCUT2D eigenvalue weighted by Gasteiger charge is -2.21. The summed E-state index contributed by atoms with van der Waals surface area (Å²) in [5, 5.41) is 12.3. The molecule has 7 heteroatoms. The van der Waals surface area contributed by atoms with Crippen LogP contribution in [0.4, 0.5) is 5.69 Å². The summed E-state index contributed by atoms with van der Waals surface area (Å²) in [7, 11) is 0. The molecule has 108 valence electrons. The van der Waals surface area contributed by atoms with Gasteiger partial charge >= 0.3 is 0 Å². The number of rotatable bonds is 3. The van der Waals surface area contributed by atoms with Crippen molar-refractivity contribution in [3.63, 3.8) is 0 Å². The van der Waals surface area contributed by atoms with Gasteiger partial charge in [0, 0.05) is 17.2 Å². The molecule has 1 unspecified atom stereocenters. The summed E-state index contributed by atoms with van der Waals surface area (Å²) < 4.78 is 0.761. The van der Waals surface area contributed by atoms with Crippen molar-refractivity contribution in [3.05, 3.63) is 22.9 Å². The van der Waals surface area contributed by atoms with Crippen molar-refractivity contribution in [2.75, 3.05) is 18.4 Å². The summed E-state index contributed by atoms with van der Waals surface area (Å²) in [4.78, 5) is 29.1. The van der Waals surface area contributed by atoms with Gasteiger partial charge in [-0.2, -0.15) is 0 Å². The Hall–Kier alpha value is -1.47. The van der Waals surface area contributed by atoms with Gasteiger partial charge in [-0.3, -0.25) is 14.6 Å². The summed E-state index contributed by atoms with van der Waals surface area (Å²) in [6, 6.07) is 1.73. The molecule has 0 radical (unpaired) electrons. The summed E-state index contributed by atoms with van der Waals surface area (Å²) in [5.74, 6) is -0.669. The number of aliphatic hydroxyl groups excluding tert-OH is 1. The van der Waals surface area contributed by atoms with Crippen LogP contribution in [0, 0.1) is 0 Å². The van der Waals surface area contributed by atoms with Gasteiger partial charge in [-0.05, 0) is 41.3 Å². The van der Waals surface area contributed by atoms with Gasteiger partial charge < -0.3 is 15.3 Å². The normalized spacial score (nSPS) is 19.6. The molecular formula is C13H16BrN3O3. The molecule has 2 rings (SSSR count). The van der Waals surface area contributed by atoms with Crippen LogP contribution in [0.15, 0.2) is 22.9 Å². The lowest BCUT2D eigenvalue weighted by Crippen LogP contribution is -2.42. The molecule has 2 amide bonds. The number of aliphatic hydroxyl groups is 1. The van der Waals surface area contributed by atoms with E-state index in [1.807, 2.05) is 0 Å². The van der Waals surface area contributed by atoms with E-state index >= 15 is 0 Å². The van der Waals surface area contributed by atoms with E-state index in [4.69, 9.17) is 0 Å². The predicted octanol–water partition coefficient (Wildman–Crippen LogP) is 1.16. The molecule has 20 heavy (non-hydrogen) atoms. The molecule has 1 saturated heterocycles. The first-order valence-corrected chi connectivity index (χ1v) is 7.23. The van der Waals surface area contributed by atoms with Crippen LogP contribution < -0.4 is 5.32 Å². The first-order valence-electron chi connectivity index (χ1n) is 6.43. The van der Waals surface area contributed by atoms with Gasteiger partial charge in [0.2, 0.25) is 5.91 Å². The van der Waals surface area contributed by atoms with Crippen molar-refractivity contribution in [3.8, 4) is 0 Å². The summed E-state index contributed by atoms with van der Waals surface area (Å²) in [5.41, 5.74) is 0.562. The maximum absolute atomic E-state index is 11.9. The van der Waals surface area contributed by atoms with Crippen LogP contribution in [-0.2, 0) is 9.59 Å². The zero-order valence-corrected chi connectivity index (χ0v) is 12.5. The van der Waals surface area contributed by atoms with Gasteiger partial charge in [-0.15, -0.1) is 0 Å². The first-order chi connectivity index (χ1) is 9.56. The van der Waals surface area contributed by atoms with Crippen LogP contribution in [0.5, 0.6) is 0 Å². The Kier molecular flexibility index (Phi) is 5.08. The third-order valence-electron chi connectivity index (χ3n) is 3.08. The van der Waals surface area contributed by atoms with E-state index in [1.165, 1.54) is 11.1 Å². The Morgan fingerprint density at radius 2 is 2.30 bits per heavy atom. The van der Waals surface area contributed by atoms with E-state index < -0.39 is 6.10 Å². The molecule has 1 aromatic heterocycles. The number of likely N-dealkylation sites (tertiary alicyclic amines) is 1. The predicted molar refractivity (Wildman–Crippen MR) is 77.0 cm³/mol. The lowest BCUT2D eigenvalue weighted by atomic mass is 10.2. The van der Waals surface area contributed by atoms with Gasteiger partial charge in [0.1, 0.15) is 6.10 Å². The van der Waals surface area contributed by atoms with Crippen molar-refractivity contribution >= 4 is 33.4 Å². The number of nitrogens with zero attached hydrogens (tertiary/aromatic N) is 2. The van der Waals surface area contributed by atoms with Gasteiger partial charge in [-0.25, -0.2) is 0 Å². The second kappa shape index (κ2) is 6.81. The van der Waals surface area contributed by atoms with E-state index in [9.17, 15) is 14.7 Å². The molecule has 1 aliphatic rings. The van der Waals surface area contributed by atoms with Crippen LogP contribution in [0.3, 0.4) is 0 Å². The van der Waals surface area contributed by atoms with Crippen LogP contribution in [0.2, 0.25) is 0 Å². The van der Waals surface area contributed by atoms with Gasteiger partial charge in [0.15, 0.2) is 0 Å². The third kappa shape index (κ3) is 4.01. The monoisotopic (exact) mass is 341 g/mol. The zero-order valence-electron chi connectivity index (χ0n) is 10.9. The standard InChI is InChI=1S/C13H16BrN3O3/c14-9-5-10(7-15-6-9)16-12(19)8-17-4-2-1-3-11(18)13(17)20/h5-7,11,18H,1-4,8H2,(H,16,19). The fourth-order valence-corrected chi connectivity index (χ4v) is 2.46. The minimum absolute atomic E-state index is 0.0532. The van der Waals surface area contributed by atoms with Gasteiger partial charge in [0.25, 0.3) is 5.91 Å². The fourth-order valence-electron chi connectivity index (χ4n) is 2.10. The quantitative estimate of drug-likeness (QED) is 0.864. The molecule has 0 aromatic carbocycles. The van der Waals surface area contributed by atoms with E-state index in [0.717, 1.165) is 17.3 Å². The highest BCUT2D eigenvalue weighted by atomic mass is 79.9. The maximum atomic E-state index is 11.9. The number of carbonyl (C=O) groups excluding carboxylic acids is 2. The lowest BCUT2D eigenvalue weighted by molar-refractivity contribution is -0.141. The topological polar surface area (TPSA) is 82.5 Å². The highest BCUT2D eigenvalue weighted by Gasteiger charge is 2.26. The third-order valence-corrected chi connectivity index (χ3v) is 3.51. The van der Waals surface area contributed by atoms with Crippen molar-refractivity contribution < 1.29 is 14.7 Å². The molecule has 1 atom stereocenters. The van der Waals surface area contributed by atoms with Crippen molar-refractivity contribution in [2.45, 2.75) is 25.4 Å². The molecule has 0 aliphatic carbocycles. The van der Waals surface area contributed by atoms with Crippen molar-refractivity contribution in [2.24, 2.45) is 0 Å². The summed E-state index contributed by atoms with van der Waals surface area (Å²) in [6.45, 7) is 0.447. The zero-order chi connectivity index (χ0) is 14.5. The number of halogens is 1. The second-order valence-corrected chi connectivity index (χ2v) is 5.63. The van der Waals surface area contributed by atoms with Crippen molar-refractivity contribution in [1.29, 1.82) is 0 Å². The smallest absolute Gasteiger partial charge is 0.251 e. The van der Waals surface area contributed by atoms with Gasteiger partial charge in [0.05, 0.1) is 18.4 Å². The summed E-state index contributed by atoms with van der Waals surface area (Å²) in [6.07, 6.45) is 4.21. The molecule has 0 spiro atoms. The van der Waals surface area contributed by atoms with E-state index in [2.05, 4.69) is 26.2 Å². The molecule has 1 fully saturated rings. The Morgan fingerprint density at radius 1 is 1.50 bits per heavy atom.